The lowest BCUT2D eigenvalue weighted by Crippen LogP contribution is -2.16. The number of benzene rings is 1. The van der Waals surface area contributed by atoms with E-state index in [9.17, 15) is 9.59 Å². The standard InChI is InChI=1S/C15H14Cl3N3O2S/c1-2-3-8-4-13(22)21-15(19-8)24-7-14(23)20-12-6-10(17)9(16)5-11(12)18/h4-6H,2-3,7H2,1H3,(H,20,23)(H,19,21,22). The highest BCUT2D eigenvalue weighted by Crippen LogP contribution is 2.32. The van der Waals surface area contributed by atoms with E-state index in [1.54, 1.807) is 0 Å². The highest BCUT2D eigenvalue weighted by atomic mass is 35.5. The van der Waals surface area contributed by atoms with Gasteiger partial charge < -0.3 is 10.3 Å². The van der Waals surface area contributed by atoms with Crippen molar-refractivity contribution in [2.45, 2.75) is 24.9 Å². The van der Waals surface area contributed by atoms with Gasteiger partial charge in [-0.15, -0.1) is 0 Å². The smallest absolute Gasteiger partial charge is 0.251 e. The lowest BCUT2D eigenvalue weighted by atomic mass is 10.2. The summed E-state index contributed by atoms with van der Waals surface area (Å²) in [7, 11) is 0. The van der Waals surface area contributed by atoms with Crippen LogP contribution in [0.15, 0.2) is 28.2 Å². The van der Waals surface area contributed by atoms with E-state index in [0.717, 1.165) is 18.2 Å². The molecule has 0 atom stereocenters. The summed E-state index contributed by atoms with van der Waals surface area (Å²) < 4.78 is 0. The molecule has 24 heavy (non-hydrogen) atoms. The SMILES string of the molecule is CCCc1cc(=O)[nH]c(SCC(=O)Nc2cc(Cl)c(Cl)cc2Cl)n1. The second-order valence-corrected chi connectivity index (χ2v) is 7.06. The summed E-state index contributed by atoms with van der Waals surface area (Å²) >= 11 is 18.9. The van der Waals surface area contributed by atoms with E-state index in [4.69, 9.17) is 34.8 Å². The van der Waals surface area contributed by atoms with E-state index < -0.39 is 0 Å². The van der Waals surface area contributed by atoms with Crippen LogP contribution in [0.2, 0.25) is 15.1 Å². The first kappa shape index (κ1) is 19.1. The Labute approximate surface area is 158 Å². The summed E-state index contributed by atoms with van der Waals surface area (Å²) in [6.45, 7) is 2.00. The Bertz CT molecular complexity index is 811. The van der Waals surface area contributed by atoms with Crippen LogP contribution >= 0.6 is 46.6 Å². The van der Waals surface area contributed by atoms with Gasteiger partial charge in [0.2, 0.25) is 5.91 Å². The second-order valence-electron chi connectivity index (χ2n) is 4.87. The van der Waals surface area contributed by atoms with Gasteiger partial charge in [-0.05, 0) is 18.6 Å². The van der Waals surface area contributed by atoms with Crippen LogP contribution in [0, 0.1) is 0 Å². The molecule has 0 spiro atoms. The first-order valence-electron chi connectivity index (χ1n) is 7.06. The van der Waals surface area contributed by atoms with Crippen molar-refractivity contribution in [3.8, 4) is 0 Å². The Balaban J connectivity index is 2.01. The molecule has 0 unspecified atom stereocenters. The van der Waals surface area contributed by atoms with Gasteiger partial charge in [-0.3, -0.25) is 9.59 Å². The van der Waals surface area contributed by atoms with Crippen LogP contribution in [0.4, 0.5) is 5.69 Å². The Morgan fingerprint density at radius 1 is 1.21 bits per heavy atom. The predicted octanol–water partition coefficient (Wildman–Crippen LogP) is 4.41. The van der Waals surface area contributed by atoms with Gasteiger partial charge in [0.05, 0.1) is 26.5 Å². The van der Waals surface area contributed by atoms with Crippen molar-refractivity contribution in [2.75, 3.05) is 11.1 Å². The molecule has 9 heteroatoms. The summed E-state index contributed by atoms with van der Waals surface area (Å²) in [5, 5.41) is 3.95. The molecule has 1 amide bonds. The highest BCUT2D eigenvalue weighted by molar-refractivity contribution is 7.99. The number of thioether (sulfide) groups is 1. The van der Waals surface area contributed by atoms with Crippen molar-refractivity contribution < 1.29 is 4.79 Å². The zero-order valence-corrected chi connectivity index (χ0v) is 15.7. The highest BCUT2D eigenvalue weighted by Gasteiger charge is 2.11. The zero-order valence-electron chi connectivity index (χ0n) is 12.7. The number of hydrogen-bond acceptors (Lipinski definition) is 4. The summed E-state index contributed by atoms with van der Waals surface area (Å²) in [6.07, 6.45) is 1.60. The van der Waals surface area contributed by atoms with Crippen molar-refractivity contribution in [3.05, 3.63) is 49.3 Å². The number of rotatable bonds is 6. The number of carbonyl (C=O) groups excluding carboxylic acids is 1. The molecule has 0 bridgehead atoms. The molecule has 2 rings (SSSR count). The van der Waals surface area contributed by atoms with E-state index in [0.29, 0.717) is 38.0 Å². The minimum Gasteiger partial charge on any atom is -0.324 e. The van der Waals surface area contributed by atoms with Gasteiger partial charge in [-0.1, -0.05) is 59.9 Å². The third-order valence-corrected chi connectivity index (χ3v) is 4.81. The number of H-pyrrole nitrogens is 1. The molecule has 2 aromatic rings. The fourth-order valence-electron chi connectivity index (χ4n) is 1.87. The topological polar surface area (TPSA) is 74.8 Å². The molecular formula is C15H14Cl3N3O2S. The average molecular weight is 407 g/mol. The molecule has 1 aromatic carbocycles. The normalized spacial score (nSPS) is 10.7. The molecule has 5 nitrogen and oxygen atoms in total. The molecule has 1 aromatic heterocycles. The quantitative estimate of drug-likeness (QED) is 0.423. The number of nitrogens with one attached hydrogen (secondary N) is 2. The molecule has 128 valence electrons. The molecule has 0 radical (unpaired) electrons. The number of nitrogens with zero attached hydrogens (tertiary/aromatic N) is 1. The van der Waals surface area contributed by atoms with Gasteiger partial charge in [-0.2, -0.15) is 0 Å². The zero-order chi connectivity index (χ0) is 17.7. The number of anilines is 1. The fraction of sp³-hybridized carbons (Fsp3) is 0.267. The van der Waals surface area contributed by atoms with Gasteiger partial charge in [-0.25, -0.2) is 4.98 Å². The monoisotopic (exact) mass is 405 g/mol. The Kier molecular flexibility index (Phi) is 6.98. The van der Waals surface area contributed by atoms with E-state index in [1.807, 2.05) is 6.92 Å². The van der Waals surface area contributed by atoms with Crippen molar-refractivity contribution in [1.82, 2.24) is 9.97 Å². The molecule has 0 aliphatic heterocycles. The van der Waals surface area contributed by atoms with E-state index >= 15 is 0 Å². The molecule has 1 heterocycles. The molecule has 0 saturated heterocycles. The molecule has 0 aliphatic rings. The van der Waals surface area contributed by atoms with E-state index in [1.165, 1.54) is 18.2 Å². The minimum absolute atomic E-state index is 0.0646. The minimum atomic E-state index is -0.302. The van der Waals surface area contributed by atoms with Crippen LogP contribution in [-0.4, -0.2) is 21.6 Å². The van der Waals surface area contributed by atoms with Crippen LogP contribution in [0.3, 0.4) is 0 Å². The van der Waals surface area contributed by atoms with E-state index in [2.05, 4.69) is 15.3 Å². The summed E-state index contributed by atoms with van der Waals surface area (Å²) in [6, 6.07) is 4.40. The molecule has 0 fully saturated rings. The van der Waals surface area contributed by atoms with Crippen LogP contribution in [0.5, 0.6) is 0 Å². The third-order valence-electron chi connectivity index (χ3n) is 2.90. The molecule has 0 aliphatic carbocycles. The summed E-state index contributed by atoms with van der Waals surface area (Å²) in [4.78, 5) is 30.5. The van der Waals surface area contributed by atoms with Gasteiger partial charge in [0, 0.05) is 11.8 Å². The van der Waals surface area contributed by atoms with Crippen molar-refractivity contribution >= 4 is 58.2 Å². The Morgan fingerprint density at radius 3 is 2.62 bits per heavy atom. The number of aryl methyl sites for hydroxylation is 1. The van der Waals surface area contributed by atoms with Crippen LogP contribution in [0.25, 0.3) is 0 Å². The number of halogens is 3. The first-order valence-corrected chi connectivity index (χ1v) is 9.18. The van der Waals surface area contributed by atoms with Gasteiger partial charge >= 0.3 is 0 Å². The van der Waals surface area contributed by atoms with Crippen LogP contribution in [0.1, 0.15) is 19.0 Å². The average Bonchev–Trinajstić information content (AvgIpc) is 2.50. The van der Waals surface area contributed by atoms with Crippen molar-refractivity contribution in [2.24, 2.45) is 0 Å². The maximum Gasteiger partial charge on any atom is 0.251 e. The number of amides is 1. The number of aromatic nitrogens is 2. The largest absolute Gasteiger partial charge is 0.324 e. The maximum atomic E-state index is 12.0. The third kappa shape index (κ3) is 5.41. The van der Waals surface area contributed by atoms with Crippen molar-refractivity contribution in [3.63, 3.8) is 0 Å². The number of aromatic amines is 1. The lowest BCUT2D eigenvalue weighted by molar-refractivity contribution is -0.113. The predicted molar refractivity (Wildman–Crippen MR) is 99.7 cm³/mol. The van der Waals surface area contributed by atoms with Crippen LogP contribution < -0.4 is 10.9 Å². The molecule has 0 saturated carbocycles. The second kappa shape index (κ2) is 8.76. The molecular weight excluding hydrogens is 393 g/mol. The summed E-state index contributed by atoms with van der Waals surface area (Å²) in [5.74, 6) is -0.237. The fourth-order valence-corrected chi connectivity index (χ4v) is 3.16. The molecule has 2 N–H and O–H groups in total. The van der Waals surface area contributed by atoms with Gasteiger partial charge in [0.25, 0.3) is 5.56 Å². The number of carbonyl (C=O) groups is 1. The first-order chi connectivity index (χ1) is 11.4. The lowest BCUT2D eigenvalue weighted by Gasteiger charge is -2.08. The van der Waals surface area contributed by atoms with E-state index in [-0.39, 0.29) is 17.2 Å². The maximum absolute atomic E-state index is 12.0. The van der Waals surface area contributed by atoms with Gasteiger partial charge in [0.1, 0.15) is 0 Å². The number of hydrogen-bond donors (Lipinski definition) is 2. The van der Waals surface area contributed by atoms with Crippen molar-refractivity contribution in [1.29, 1.82) is 0 Å². The summed E-state index contributed by atoms with van der Waals surface area (Å²) in [5.41, 5.74) is 0.846. The van der Waals surface area contributed by atoms with Crippen LogP contribution in [-0.2, 0) is 11.2 Å². The van der Waals surface area contributed by atoms with Gasteiger partial charge in [0.15, 0.2) is 5.16 Å². The Hall–Kier alpha value is -1.21. The Morgan fingerprint density at radius 2 is 1.92 bits per heavy atom.